The Morgan fingerprint density at radius 3 is 1.21 bits per heavy atom. The first-order chi connectivity index (χ1) is 27.3. The number of hydrogen-bond acceptors (Lipinski definition) is 3. The van der Waals surface area contributed by atoms with Gasteiger partial charge in [0.1, 0.15) is 18.0 Å². The third-order valence-electron chi connectivity index (χ3n) is 11.1. The van der Waals surface area contributed by atoms with E-state index in [1.165, 1.54) is 71.5 Å². The Hall–Kier alpha value is -6.30. The summed E-state index contributed by atoms with van der Waals surface area (Å²) in [6, 6.07) is 62.5. The minimum atomic E-state index is -1.22. The fraction of sp³-hybridized carbons (Fsp3) is 0.137. The molecule has 7 aromatic rings. The Morgan fingerprint density at radius 2 is 0.821 bits per heavy atom. The molecular weight excluding hydrogens is 679 g/mol. The minimum Gasteiger partial charge on any atom is -0.271 e. The summed E-state index contributed by atoms with van der Waals surface area (Å²) in [5.41, 5.74) is 16.3. The number of anilines is 1. The van der Waals surface area contributed by atoms with Gasteiger partial charge in [0, 0.05) is 11.1 Å². The van der Waals surface area contributed by atoms with Gasteiger partial charge in [-0.1, -0.05) is 175 Å². The van der Waals surface area contributed by atoms with Gasteiger partial charge in [-0.05, 0) is 64.8 Å². The molecule has 7 aromatic carbocycles. The van der Waals surface area contributed by atoms with Crippen molar-refractivity contribution >= 4 is 45.1 Å². The zero-order valence-electron chi connectivity index (χ0n) is 33.4. The number of nitrogens with zero attached hydrogens (tertiary/aromatic N) is 3. The maximum atomic E-state index is 4.87. The predicted octanol–water partition coefficient (Wildman–Crippen LogP) is 9.18. The summed E-state index contributed by atoms with van der Waals surface area (Å²) < 4.78 is 0. The maximum absolute atomic E-state index is 4.87. The van der Waals surface area contributed by atoms with E-state index in [1.807, 2.05) is 30.3 Å². The number of azo groups is 1. The molecule has 0 radical (unpaired) electrons. The normalized spacial score (nSPS) is 15.1. The highest BCUT2D eigenvalue weighted by Crippen LogP contribution is 2.31. The zero-order valence-corrected chi connectivity index (χ0v) is 33.4. The van der Waals surface area contributed by atoms with E-state index in [2.05, 4.69) is 210 Å². The summed E-state index contributed by atoms with van der Waals surface area (Å²) in [4.78, 5) is 3.46. The maximum Gasteiger partial charge on any atom is 0.293 e. The van der Waals surface area contributed by atoms with Crippen molar-refractivity contribution in [1.29, 1.82) is 0 Å². The number of rotatable bonds is 8. The van der Waals surface area contributed by atoms with Gasteiger partial charge >= 0.3 is 0 Å². The van der Waals surface area contributed by atoms with E-state index in [4.69, 9.17) is 5.11 Å². The first-order valence-corrected chi connectivity index (χ1v) is 19.6. The molecule has 0 aliphatic carbocycles. The topological polar surface area (TPSA) is 32.4 Å². The van der Waals surface area contributed by atoms with Gasteiger partial charge in [-0.2, -0.15) is 21.9 Å². The lowest BCUT2D eigenvalue weighted by molar-refractivity contribution is -0.798. The van der Waals surface area contributed by atoms with Gasteiger partial charge < -0.3 is 0 Å². The second kappa shape index (κ2) is 17.0. The van der Waals surface area contributed by atoms with Crippen molar-refractivity contribution in [2.24, 2.45) is 10.2 Å². The summed E-state index contributed by atoms with van der Waals surface area (Å²) in [7, 11) is 0. The Kier molecular flexibility index (Phi) is 11.5. The van der Waals surface area contributed by atoms with E-state index in [1.54, 1.807) is 0 Å². The van der Waals surface area contributed by atoms with Crippen LogP contribution in [0.25, 0.3) is 0 Å². The molecule has 1 N–H and O–H groups in total. The molecule has 4 nitrogen and oxygen atoms in total. The van der Waals surface area contributed by atoms with Gasteiger partial charge in [-0.3, -0.25) is 4.90 Å². The standard InChI is InChI=1S/C27H30N4.C24H20B/c1-18-14-20(3)25(21(4)15-18)30-12-13-31(26-22(5)16-19(2)17-23(26)6)27(30)29-28-24-10-8-7-9-11-24;1-5-13-21(14-6-1)25(22-15-7-2-8-16-22,23-17-9-3-10-18-23)24-19-11-4-12-20-24/h7-17,27H,1-6H3;1-20H/q;-1/p+1/b29-28+;. The highest BCUT2D eigenvalue weighted by Gasteiger charge is 2.37. The summed E-state index contributed by atoms with van der Waals surface area (Å²) in [5, 5.41) is 9.49. The number of aryl methyl sites for hydroxylation is 6. The summed E-state index contributed by atoms with van der Waals surface area (Å²) in [5.74, 6) is 0. The van der Waals surface area contributed by atoms with Gasteiger partial charge in [0.2, 0.25) is 0 Å². The quantitative estimate of drug-likeness (QED) is 0.123. The Balaban J connectivity index is 0.000000175. The van der Waals surface area contributed by atoms with Gasteiger partial charge in [0.25, 0.3) is 6.29 Å². The Bertz CT molecular complexity index is 2150. The molecule has 1 aliphatic rings. The fourth-order valence-electron chi connectivity index (χ4n) is 8.96. The molecule has 278 valence electrons. The van der Waals surface area contributed by atoms with Gasteiger partial charge in [-0.25, -0.2) is 4.90 Å². The Labute approximate surface area is 333 Å². The molecule has 2 atom stereocenters. The predicted molar refractivity (Wildman–Crippen MR) is 238 cm³/mol. The molecule has 2 unspecified atom stereocenters. The van der Waals surface area contributed by atoms with Crippen molar-refractivity contribution in [1.82, 2.24) is 0 Å². The van der Waals surface area contributed by atoms with Gasteiger partial charge in [-0.15, -0.1) is 10.2 Å². The molecule has 0 bridgehead atoms. The third-order valence-corrected chi connectivity index (χ3v) is 11.1. The molecule has 1 aliphatic heterocycles. The van der Waals surface area contributed by atoms with E-state index in [0.29, 0.717) is 0 Å². The van der Waals surface area contributed by atoms with Crippen molar-refractivity contribution in [2.75, 3.05) is 4.90 Å². The van der Waals surface area contributed by atoms with E-state index in [0.717, 1.165) is 5.69 Å². The van der Waals surface area contributed by atoms with Gasteiger partial charge in [0.15, 0.2) is 0 Å². The molecule has 0 aromatic heterocycles. The monoisotopic (exact) mass is 730 g/mol. The van der Waals surface area contributed by atoms with Crippen molar-refractivity contribution < 1.29 is 4.90 Å². The molecule has 0 saturated heterocycles. The molecular formula is C51H51BN4. The average Bonchev–Trinajstić information content (AvgIpc) is 3.61. The van der Waals surface area contributed by atoms with Crippen molar-refractivity contribution in [3.05, 3.63) is 222 Å². The number of benzene rings is 7. The second-order valence-electron chi connectivity index (χ2n) is 15.1. The summed E-state index contributed by atoms with van der Waals surface area (Å²) >= 11 is 0. The molecule has 56 heavy (non-hydrogen) atoms. The number of quaternary nitrogens is 1. The van der Waals surface area contributed by atoms with Crippen LogP contribution < -0.4 is 31.7 Å². The van der Waals surface area contributed by atoms with Crippen molar-refractivity contribution in [3.63, 3.8) is 0 Å². The average molecular weight is 731 g/mol. The zero-order chi connectivity index (χ0) is 39.1. The summed E-state index contributed by atoms with van der Waals surface area (Å²) in [6.07, 6.45) is 2.94. The molecule has 0 fully saturated rings. The van der Waals surface area contributed by atoms with Crippen LogP contribution >= 0.6 is 0 Å². The number of hydrogen-bond donors (Lipinski definition) is 1. The molecule has 0 spiro atoms. The van der Waals surface area contributed by atoms with Crippen molar-refractivity contribution in [2.45, 2.75) is 47.8 Å². The summed E-state index contributed by atoms with van der Waals surface area (Å²) in [6.45, 7) is 13.0. The molecule has 1 heterocycles. The van der Waals surface area contributed by atoms with E-state index < -0.39 is 6.15 Å². The number of nitrogens with one attached hydrogen (secondary N) is 1. The van der Waals surface area contributed by atoms with E-state index >= 15 is 0 Å². The molecule has 5 heteroatoms. The van der Waals surface area contributed by atoms with Crippen LogP contribution in [0.15, 0.2) is 199 Å². The molecule has 0 saturated carbocycles. The fourth-order valence-corrected chi connectivity index (χ4v) is 8.96. The second-order valence-corrected chi connectivity index (χ2v) is 15.1. The van der Waals surface area contributed by atoms with Crippen LogP contribution in [0, 0.1) is 41.5 Å². The van der Waals surface area contributed by atoms with Crippen LogP contribution in [0.2, 0.25) is 0 Å². The van der Waals surface area contributed by atoms with E-state index in [-0.39, 0.29) is 6.29 Å². The Morgan fingerprint density at radius 1 is 0.464 bits per heavy atom. The van der Waals surface area contributed by atoms with Gasteiger partial charge in [0.05, 0.1) is 17.6 Å². The highest BCUT2D eigenvalue weighted by atomic mass is 15.5. The minimum absolute atomic E-state index is 0.208. The smallest absolute Gasteiger partial charge is 0.271 e. The molecule has 0 amide bonds. The van der Waals surface area contributed by atoms with Crippen LogP contribution in [0.1, 0.15) is 33.4 Å². The first-order valence-electron chi connectivity index (χ1n) is 19.6. The van der Waals surface area contributed by atoms with Crippen LogP contribution in [0.5, 0.6) is 0 Å². The van der Waals surface area contributed by atoms with Crippen LogP contribution in [0.4, 0.5) is 17.1 Å². The van der Waals surface area contributed by atoms with Crippen LogP contribution in [-0.4, -0.2) is 12.4 Å². The van der Waals surface area contributed by atoms with Crippen molar-refractivity contribution in [3.8, 4) is 0 Å². The lowest BCUT2D eigenvalue weighted by atomic mass is 9.13. The highest BCUT2D eigenvalue weighted by molar-refractivity contribution is 7.19. The third kappa shape index (κ3) is 7.77. The largest absolute Gasteiger partial charge is 0.293 e. The molecule has 8 rings (SSSR count). The SMILES string of the molecule is Cc1cc(C)c(N2C=C[NH+](c3c(C)cc(C)cc3C)C2/N=N/c2ccccc2)c(C)c1.c1ccc([B-](c2ccccc2)(c2ccccc2)c2ccccc2)cc1. The lowest BCUT2D eigenvalue weighted by Gasteiger charge is -2.44. The van der Waals surface area contributed by atoms with Crippen LogP contribution in [-0.2, 0) is 0 Å². The lowest BCUT2D eigenvalue weighted by Crippen LogP contribution is -3.07. The van der Waals surface area contributed by atoms with Crippen LogP contribution in [0.3, 0.4) is 0 Å². The first kappa shape index (κ1) is 38.0. The van der Waals surface area contributed by atoms with E-state index in [9.17, 15) is 0 Å².